The topological polar surface area (TPSA) is 64.9 Å². The van der Waals surface area contributed by atoms with E-state index >= 15 is 0 Å². The third-order valence-electron chi connectivity index (χ3n) is 6.38. The standard InChI is InChI=1S/C19H23N3O.ClH/c20-16(15-4-2-1-3-5-15)17-21-18(22-23-17)19-9-12-6-13(10-19)8-14(7-12)11-19;/h1-5,12-14,16H,6-11,20H2;1H/t12?,13?,14?,16-,19?;/m0./s1. The fourth-order valence-corrected chi connectivity index (χ4v) is 5.76. The van der Waals surface area contributed by atoms with Gasteiger partial charge in [0.1, 0.15) is 6.04 Å². The van der Waals surface area contributed by atoms with Gasteiger partial charge in [-0.2, -0.15) is 4.98 Å². The molecule has 5 heteroatoms. The monoisotopic (exact) mass is 345 g/mol. The van der Waals surface area contributed by atoms with Crippen molar-refractivity contribution >= 4 is 12.4 Å². The average molecular weight is 346 g/mol. The van der Waals surface area contributed by atoms with E-state index in [1.807, 2.05) is 30.3 Å². The summed E-state index contributed by atoms with van der Waals surface area (Å²) in [6.07, 6.45) is 8.02. The smallest absolute Gasteiger partial charge is 0.248 e. The summed E-state index contributed by atoms with van der Waals surface area (Å²) in [6.45, 7) is 0. The summed E-state index contributed by atoms with van der Waals surface area (Å²) in [5, 5.41) is 4.39. The van der Waals surface area contributed by atoms with Crippen LogP contribution in [0.25, 0.3) is 0 Å². The molecule has 4 nitrogen and oxygen atoms in total. The van der Waals surface area contributed by atoms with Crippen LogP contribution in [0.15, 0.2) is 34.9 Å². The zero-order chi connectivity index (χ0) is 15.4. The van der Waals surface area contributed by atoms with Gasteiger partial charge in [-0.05, 0) is 61.8 Å². The Morgan fingerprint density at radius 2 is 1.58 bits per heavy atom. The molecule has 0 radical (unpaired) electrons. The first-order valence-electron chi connectivity index (χ1n) is 8.86. The molecule has 2 aromatic rings. The molecule has 0 spiro atoms. The van der Waals surface area contributed by atoms with Crippen molar-refractivity contribution in [2.24, 2.45) is 23.5 Å². The Morgan fingerprint density at radius 1 is 1.00 bits per heavy atom. The summed E-state index contributed by atoms with van der Waals surface area (Å²) in [5.41, 5.74) is 7.52. The maximum atomic E-state index is 6.32. The third-order valence-corrected chi connectivity index (χ3v) is 6.38. The van der Waals surface area contributed by atoms with Gasteiger partial charge in [-0.25, -0.2) is 0 Å². The first kappa shape index (κ1) is 16.1. The Bertz CT molecular complexity index is 679. The predicted octanol–water partition coefficient (Wildman–Crippen LogP) is 4.01. The average Bonchev–Trinajstić information content (AvgIpc) is 3.04. The van der Waals surface area contributed by atoms with Crippen LogP contribution in [0, 0.1) is 17.8 Å². The van der Waals surface area contributed by atoms with Gasteiger partial charge in [-0.3, -0.25) is 0 Å². The molecule has 0 aliphatic heterocycles. The number of halogens is 1. The molecular weight excluding hydrogens is 322 g/mol. The van der Waals surface area contributed by atoms with E-state index in [0.29, 0.717) is 5.89 Å². The maximum Gasteiger partial charge on any atom is 0.248 e. The molecule has 4 bridgehead atoms. The van der Waals surface area contributed by atoms with E-state index in [1.54, 1.807) is 0 Å². The van der Waals surface area contributed by atoms with E-state index < -0.39 is 0 Å². The molecule has 6 rings (SSSR count). The highest BCUT2D eigenvalue weighted by Crippen LogP contribution is 2.60. The highest BCUT2D eigenvalue weighted by Gasteiger charge is 2.53. The van der Waals surface area contributed by atoms with Crippen molar-refractivity contribution in [1.29, 1.82) is 0 Å². The normalized spacial score (nSPS) is 34.8. The van der Waals surface area contributed by atoms with Crippen LogP contribution in [0.1, 0.15) is 61.8 Å². The second kappa shape index (κ2) is 5.85. The van der Waals surface area contributed by atoms with E-state index in [1.165, 1.54) is 38.5 Å². The summed E-state index contributed by atoms with van der Waals surface area (Å²) in [7, 11) is 0. The van der Waals surface area contributed by atoms with Crippen LogP contribution < -0.4 is 5.73 Å². The van der Waals surface area contributed by atoms with Gasteiger partial charge in [0, 0.05) is 5.41 Å². The van der Waals surface area contributed by atoms with Crippen LogP contribution in [-0.2, 0) is 5.41 Å². The Hall–Kier alpha value is -1.39. The van der Waals surface area contributed by atoms with Crippen molar-refractivity contribution in [2.45, 2.75) is 50.0 Å². The second-order valence-corrected chi connectivity index (χ2v) is 8.04. The Balaban J connectivity index is 0.00000146. The largest absolute Gasteiger partial charge is 0.337 e. The lowest BCUT2D eigenvalue weighted by Gasteiger charge is -2.55. The molecule has 1 atom stereocenters. The molecule has 128 valence electrons. The van der Waals surface area contributed by atoms with Gasteiger partial charge < -0.3 is 10.3 Å². The Morgan fingerprint density at radius 3 is 2.17 bits per heavy atom. The number of nitrogens with zero attached hydrogens (tertiary/aromatic N) is 2. The second-order valence-electron chi connectivity index (χ2n) is 8.04. The Kier molecular flexibility index (Phi) is 3.92. The number of hydrogen-bond acceptors (Lipinski definition) is 4. The first-order valence-corrected chi connectivity index (χ1v) is 8.86. The molecule has 1 aromatic carbocycles. The molecule has 24 heavy (non-hydrogen) atoms. The molecular formula is C19H24ClN3O. The number of benzene rings is 1. The SMILES string of the molecule is Cl.N[C@@H](c1ccccc1)c1nc(C23CC4CC(CC(C4)C2)C3)no1. The number of aromatic nitrogens is 2. The lowest BCUT2D eigenvalue weighted by molar-refractivity contribution is -0.0103. The minimum Gasteiger partial charge on any atom is -0.337 e. The van der Waals surface area contributed by atoms with E-state index in [4.69, 9.17) is 15.2 Å². The van der Waals surface area contributed by atoms with Crippen molar-refractivity contribution < 1.29 is 4.52 Å². The van der Waals surface area contributed by atoms with Crippen molar-refractivity contribution in [1.82, 2.24) is 10.1 Å². The summed E-state index contributed by atoms with van der Waals surface area (Å²) in [5.74, 6) is 4.13. The van der Waals surface area contributed by atoms with E-state index in [2.05, 4.69) is 5.16 Å². The molecule has 4 fully saturated rings. The molecule has 4 saturated carbocycles. The van der Waals surface area contributed by atoms with Crippen molar-refractivity contribution in [3.63, 3.8) is 0 Å². The molecule has 0 amide bonds. The minimum atomic E-state index is -0.327. The van der Waals surface area contributed by atoms with Crippen LogP contribution in [0.5, 0.6) is 0 Å². The molecule has 0 unspecified atom stereocenters. The van der Waals surface area contributed by atoms with Gasteiger partial charge >= 0.3 is 0 Å². The van der Waals surface area contributed by atoms with Crippen LogP contribution in [0.4, 0.5) is 0 Å². The minimum absolute atomic E-state index is 0. The molecule has 4 aliphatic rings. The van der Waals surface area contributed by atoms with Gasteiger partial charge in [0.15, 0.2) is 5.82 Å². The van der Waals surface area contributed by atoms with Crippen LogP contribution >= 0.6 is 12.4 Å². The number of rotatable bonds is 3. The van der Waals surface area contributed by atoms with Crippen LogP contribution in [-0.4, -0.2) is 10.1 Å². The van der Waals surface area contributed by atoms with Crippen LogP contribution in [0.3, 0.4) is 0 Å². The number of hydrogen-bond donors (Lipinski definition) is 1. The van der Waals surface area contributed by atoms with Crippen molar-refractivity contribution in [3.05, 3.63) is 47.6 Å². The fraction of sp³-hybridized carbons (Fsp3) is 0.579. The fourth-order valence-electron chi connectivity index (χ4n) is 5.76. The van der Waals surface area contributed by atoms with E-state index in [0.717, 1.165) is 29.1 Å². The zero-order valence-electron chi connectivity index (χ0n) is 13.7. The van der Waals surface area contributed by atoms with Gasteiger partial charge in [-0.1, -0.05) is 35.5 Å². The highest BCUT2D eigenvalue weighted by molar-refractivity contribution is 5.85. The van der Waals surface area contributed by atoms with Gasteiger partial charge in [0.2, 0.25) is 5.89 Å². The lowest BCUT2D eigenvalue weighted by atomic mass is 9.49. The molecule has 4 aliphatic carbocycles. The van der Waals surface area contributed by atoms with Crippen LogP contribution in [0.2, 0.25) is 0 Å². The van der Waals surface area contributed by atoms with Gasteiger partial charge in [0.25, 0.3) is 0 Å². The number of nitrogens with two attached hydrogens (primary N) is 1. The summed E-state index contributed by atoms with van der Waals surface area (Å²) in [6, 6.07) is 9.67. The van der Waals surface area contributed by atoms with Gasteiger partial charge in [-0.15, -0.1) is 12.4 Å². The lowest BCUT2D eigenvalue weighted by Crippen LogP contribution is -2.49. The molecule has 1 aromatic heterocycles. The zero-order valence-corrected chi connectivity index (χ0v) is 14.5. The summed E-state index contributed by atoms with van der Waals surface area (Å²) < 4.78 is 5.58. The summed E-state index contributed by atoms with van der Waals surface area (Å²) >= 11 is 0. The first-order chi connectivity index (χ1) is 11.2. The van der Waals surface area contributed by atoms with E-state index in [-0.39, 0.29) is 23.9 Å². The summed E-state index contributed by atoms with van der Waals surface area (Å²) in [4.78, 5) is 4.77. The van der Waals surface area contributed by atoms with Gasteiger partial charge in [0.05, 0.1) is 0 Å². The molecule has 0 saturated heterocycles. The third kappa shape index (κ3) is 2.47. The highest BCUT2D eigenvalue weighted by atomic mass is 35.5. The van der Waals surface area contributed by atoms with Crippen molar-refractivity contribution in [2.75, 3.05) is 0 Å². The Labute approximate surface area is 148 Å². The quantitative estimate of drug-likeness (QED) is 0.912. The maximum absolute atomic E-state index is 6.32. The van der Waals surface area contributed by atoms with Crippen molar-refractivity contribution in [3.8, 4) is 0 Å². The molecule has 1 heterocycles. The predicted molar refractivity (Wildman–Crippen MR) is 93.9 cm³/mol. The van der Waals surface area contributed by atoms with E-state index in [9.17, 15) is 0 Å². The molecule has 2 N–H and O–H groups in total.